The Labute approximate surface area is 138 Å². The van der Waals surface area contributed by atoms with Crippen molar-refractivity contribution in [2.75, 3.05) is 32.8 Å². The van der Waals surface area contributed by atoms with Gasteiger partial charge in [0.15, 0.2) is 0 Å². The normalized spacial score (nSPS) is 24.6. The molecule has 0 spiro atoms. The minimum absolute atomic E-state index is 0.0566. The van der Waals surface area contributed by atoms with E-state index >= 15 is 0 Å². The van der Waals surface area contributed by atoms with Gasteiger partial charge in [0.1, 0.15) is 0 Å². The van der Waals surface area contributed by atoms with E-state index in [1.54, 1.807) is 0 Å². The fourth-order valence-corrected chi connectivity index (χ4v) is 3.62. The molecule has 2 aliphatic rings. The molecule has 3 rings (SSSR count). The average Bonchev–Trinajstić information content (AvgIpc) is 3.00. The van der Waals surface area contributed by atoms with E-state index < -0.39 is 0 Å². The van der Waals surface area contributed by atoms with E-state index in [9.17, 15) is 4.79 Å². The molecule has 23 heavy (non-hydrogen) atoms. The van der Waals surface area contributed by atoms with E-state index in [1.165, 1.54) is 12.0 Å². The van der Waals surface area contributed by atoms with Gasteiger partial charge in [0.2, 0.25) is 5.91 Å². The van der Waals surface area contributed by atoms with Crippen molar-refractivity contribution in [3.05, 3.63) is 18.0 Å². The Morgan fingerprint density at radius 2 is 2.13 bits per heavy atom. The molecule has 1 aromatic rings. The highest BCUT2D eigenvalue weighted by atomic mass is 16.5. The number of amides is 1. The molecule has 0 saturated carbocycles. The first kappa shape index (κ1) is 16.5. The summed E-state index contributed by atoms with van der Waals surface area (Å²) in [5.41, 5.74) is 1.17. The summed E-state index contributed by atoms with van der Waals surface area (Å²) in [5.74, 6) is 0.264. The van der Waals surface area contributed by atoms with Crippen LogP contribution in [0.5, 0.6) is 0 Å². The summed E-state index contributed by atoms with van der Waals surface area (Å²) in [6, 6.07) is 0.206. The van der Waals surface area contributed by atoms with Crippen LogP contribution in [0.25, 0.3) is 0 Å². The molecule has 0 aromatic carbocycles. The lowest BCUT2D eigenvalue weighted by molar-refractivity contribution is -0.142. The van der Waals surface area contributed by atoms with Crippen molar-refractivity contribution in [2.45, 2.75) is 51.7 Å². The molecule has 0 aliphatic carbocycles. The number of piperidine rings is 1. The van der Waals surface area contributed by atoms with Gasteiger partial charge in [-0.15, -0.1) is 0 Å². The van der Waals surface area contributed by atoms with Gasteiger partial charge in [-0.2, -0.15) is 5.10 Å². The topological polar surface area (TPSA) is 50.6 Å². The van der Waals surface area contributed by atoms with Crippen molar-refractivity contribution in [1.29, 1.82) is 0 Å². The maximum Gasteiger partial charge on any atom is 0.239 e. The number of likely N-dealkylation sites (tertiary alicyclic amines) is 1. The van der Waals surface area contributed by atoms with Gasteiger partial charge in [0.05, 0.1) is 38.0 Å². The molecule has 2 saturated heterocycles. The van der Waals surface area contributed by atoms with Gasteiger partial charge >= 0.3 is 0 Å². The number of rotatable bonds is 4. The number of carbonyl (C=O) groups is 1. The lowest BCUT2D eigenvalue weighted by Crippen LogP contribution is -2.55. The molecule has 0 unspecified atom stereocenters. The Kier molecular flexibility index (Phi) is 5.33. The first-order chi connectivity index (χ1) is 11.1. The standard InChI is InChI=1S/C17H28N4O2/c1-14-11-18-20(12-14)13-16-5-3-4-6-21(16)17(22)15(2)19-7-9-23-10-8-19/h11-12,15-16H,3-10,13H2,1-2H3/t15-,16-/m0/s1. The summed E-state index contributed by atoms with van der Waals surface area (Å²) < 4.78 is 7.38. The molecule has 1 aromatic heterocycles. The summed E-state index contributed by atoms with van der Waals surface area (Å²) in [6.45, 7) is 8.92. The van der Waals surface area contributed by atoms with Gasteiger partial charge in [0, 0.05) is 25.8 Å². The molecule has 3 heterocycles. The molecule has 0 bridgehead atoms. The van der Waals surface area contributed by atoms with E-state index in [0.717, 1.165) is 52.2 Å². The summed E-state index contributed by atoms with van der Waals surface area (Å²) in [6.07, 6.45) is 7.31. The molecule has 0 radical (unpaired) electrons. The quantitative estimate of drug-likeness (QED) is 0.839. The molecule has 1 amide bonds. The van der Waals surface area contributed by atoms with Crippen LogP contribution in [-0.4, -0.2) is 70.4 Å². The van der Waals surface area contributed by atoms with Crippen molar-refractivity contribution in [1.82, 2.24) is 19.6 Å². The zero-order chi connectivity index (χ0) is 16.2. The maximum absolute atomic E-state index is 13.0. The molecule has 6 nitrogen and oxygen atoms in total. The van der Waals surface area contributed by atoms with E-state index in [4.69, 9.17) is 4.74 Å². The van der Waals surface area contributed by atoms with Crippen LogP contribution in [0.3, 0.4) is 0 Å². The second-order valence-electron chi connectivity index (χ2n) is 6.75. The SMILES string of the molecule is Cc1cnn(C[C@@H]2CCCCN2C(=O)[C@H](C)N2CCOCC2)c1. The summed E-state index contributed by atoms with van der Waals surface area (Å²) in [7, 11) is 0. The lowest BCUT2D eigenvalue weighted by Gasteiger charge is -2.40. The summed E-state index contributed by atoms with van der Waals surface area (Å²) in [4.78, 5) is 17.4. The number of ether oxygens (including phenoxy) is 1. The third-order valence-electron chi connectivity index (χ3n) is 5.02. The fraction of sp³-hybridized carbons (Fsp3) is 0.765. The number of hydrogen-bond donors (Lipinski definition) is 0. The van der Waals surface area contributed by atoms with Gasteiger partial charge in [-0.05, 0) is 38.7 Å². The zero-order valence-corrected chi connectivity index (χ0v) is 14.3. The summed E-state index contributed by atoms with van der Waals surface area (Å²) >= 11 is 0. The third-order valence-corrected chi connectivity index (χ3v) is 5.02. The van der Waals surface area contributed by atoms with Crippen LogP contribution in [0.1, 0.15) is 31.7 Å². The van der Waals surface area contributed by atoms with Gasteiger partial charge in [-0.1, -0.05) is 0 Å². The molecule has 2 atom stereocenters. The van der Waals surface area contributed by atoms with E-state index in [-0.39, 0.29) is 18.0 Å². The molecule has 2 fully saturated rings. The van der Waals surface area contributed by atoms with Crippen molar-refractivity contribution in [3.8, 4) is 0 Å². The number of nitrogens with zero attached hydrogens (tertiary/aromatic N) is 4. The van der Waals surface area contributed by atoms with Crippen molar-refractivity contribution in [3.63, 3.8) is 0 Å². The van der Waals surface area contributed by atoms with Crippen LogP contribution in [0.4, 0.5) is 0 Å². The Morgan fingerprint density at radius 3 is 2.83 bits per heavy atom. The zero-order valence-electron chi connectivity index (χ0n) is 14.3. The van der Waals surface area contributed by atoms with Gasteiger partial charge in [0.25, 0.3) is 0 Å². The molecular weight excluding hydrogens is 292 g/mol. The Hall–Kier alpha value is -1.40. The second kappa shape index (κ2) is 7.45. The summed E-state index contributed by atoms with van der Waals surface area (Å²) in [5, 5.41) is 4.39. The first-order valence-electron chi connectivity index (χ1n) is 8.76. The van der Waals surface area contributed by atoms with Crippen molar-refractivity contribution >= 4 is 5.91 Å². The van der Waals surface area contributed by atoms with Crippen LogP contribution < -0.4 is 0 Å². The van der Waals surface area contributed by atoms with E-state index in [0.29, 0.717) is 0 Å². The molecular formula is C17H28N4O2. The average molecular weight is 320 g/mol. The highest BCUT2D eigenvalue weighted by Gasteiger charge is 2.33. The van der Waals surface area contributed by atoms with E-state index in [1.807, 2.05) is 24.7 Å². The Balaban J connectivity index is 1.65. The van der Waals surface area contributed by atoms with Crippen LogP contribution in [0.15, 0.2) is 12.4 Å². The second-order valence-corrected chi connectivity index (χ2v) is 6.75. The van der Waals surface area contributed by atoms with Gasteiger partial charge < -0.3 is 9.64 Å². The van der Waals surface area contributed by atoms with Crippen LogP contribution >= 0.6 is 0 Å². The predicted octanol–water partition coefficient (Wildman–Crippen LogP) is 1.29. The monoisotopic (exact) mass is 320 g/mol. The predicted molar refractivity (Wildman–Crippen MR) is 88.2 cm³/mol. The highest BCUT2D eigenvalue weighted by molar-refractivity contribution is 5.82. The number of aromatic nitrogens is 2. The lowest BCUT2D eigenvalue weighted by atomic mass is 10.0. The number of aryl methyl sites for hydroxylation is 1. The van der Waals surface area contributed by atoms with Gasteiger partial charge in [-0.25, -0.2) is 0 Å². The van der Waals surface area contributed by atoms with Crippen molar-refractivity contribution in [2.24, 2.45) is 0 Å². The number of carbonyl (C=O) groups excluding carboxylic acids is 1. The third kappa shape index (κ3) is 3.93. The van der Waals surface area contributed by atoms with Crippen molar-refractivity contribution < 1.29 is 9.53 Å². The number of hydrogen-bond acceptors (Lipinski definition) is 4. The first-order valence-corrected chi connectivity index (χ1v) is 8.76. The molecule has 128 valence electrons. The van der Waals surface area contributed by atoms with Crippen LogP contribution in [-0.2, 0) is 16.1 Å². The maximum atomic E-state index is 13.0. The smallest absolute Gasteiger partial charge is 0.239 e. The van der Waals surface area contributed by atoms with Gasteiger partial charge in [-0.3, -0.25) is 14.4 Å². The molecule has 0 N–H and O–H groups in total. The minimum Gasteiger partial charge on any atom is -0.379 e. The number of morpholine rings is 1. The van der Waals surface area contributed by atoms with Crippen LogP contribution in [0.2, 0.25) is 0 Å². The highest BCUT2D eigenvalue weighted by Crippen LogP contribution is 2.21. The molecule has 2 aliphatic heterocycles. The Bertz CT molecular complexity index is 524. The van der Waals surface area contributed by atoms with Crippen LogP contribution in [0, 0.1) is 6.92 Å². The van der Waals surface area contributed by atoms with E-state index in [2.05, 4.69) is 21.1 Å². The largest absolute Gasteiger partial charge is 0.379 e. The Morgan fingerprint density at radius 1 is 1.35 bits per heavy atom. The fourth-order valence-electron chi connectivity index (χ4n) is 3.62. The minimum atomic E-state index is -0.0566. The molecule has 6 heteroatoms.